The number of carbonyl (C=O) groups is 1. The van der Waals surface area contributed by atoms with Crippen molar-refractivity contribution in [2.24, 2.45) is 0 Å². The Bertz CT molecular complexity index is 491. The van der Waals surface area contributed by atoms with Gasteiger partial charge in [0.15, 0.2) is 5.82 Å². The van der Waals surface area contributed by atoms with Crippen LogP contribution in [0.15, 0.2) is 18.2 Å². The van der Waals surface area contributed by atoms with E-state index >= 15 is 0 Å². The first-order chi connectivity index (χ1) is 7.09. The zero-order chi connectivity index (χ0) is 11.0. The van der Waals surface area contributed by atoms with Crippen LogP contribution in [0.25, 0.3) is 5.82 Å². The molecule has 0 aromatic carbocycles. The van der Waals surface area contributed by atoms with Crippen molar-refractivity contribution < 1.29 is 9.90 Å². The van der Waals surface area contributed by atoms with Gasteiger partial charge in [-0.05, 0) is 26.0 Å². The van der Waals surface area contributed by atoms with Gasteiger partial charge in [-0.15, -0.1) is 0 Å². The van der Waals surface area contributed by atoms with Crippen LogP contribution in [0.4, 0.5) is 0 Å². The van der Waals surface area contributed by atoms with E-state index in [-0.39, 0.29) is 5.69 Å². The van der Waals surface area contributed by atoms with E-state index in [1.807, 2.05) is 30.5 Å². The maximum Gasteiger partial charge on any atom is 0.353 e. The molecule has 0 unspecified atom stereocenters. The average molecular weight is 205 g/mol. The highest BCUT2D eigenvalue weighted by molar-refractivity contribution is 5.85. The molecular formula is C10H11N3O2. The fourth-order valence-electron chi connectivity index (χ4n) is 1.57. The highest BCUT2D eigenvalue weighted by atomic mass is 16.4. The number of carboxylic acids is 1. The molecule has 2 aromatic heterocycles. The lowest BCUT2D eigenvalue weighted by molar-refractivity contribution is 0.0690. The second kappa shape index (κ2) is 3.27. The van der Waals surface area contributed by atoms with Gasteiger partial charge in [-0.1, -0.05) is 0 Å². The molecule has 0 bridgehead atoms. The molecule has 0 aliphatic carbocycles. The summed E-state index contributed by atoms with van der Waals surface area (Å²) >= 11 is 0. The van der Waals surface area contributed by atoms with Crippen LogP contribution in [-0.2, 0) is 0 Å². The number of carboxylic acid groups (broad SMARTS) is 1. The van der Waals surface area contributed by atoms with Crippen LogP contribution >= 0.6 is 0 Å². The maximum absolute atomic E-state index is 10.7. The molecule has 0 aliphatic heterocycles. The van der Waals surface area contributed by atoms with Crippen molar-refractivity contribution in [3.8, 4) is 5.82 Å². The summed E-state index contributed by atoms with van der Waals surface area (Å²) in [6.45, 7) is 3.89. The number of aryl methyl sites for hydroxylation is 2. The van der Waals surface area contributed by atoms with E-state index < -0.39 is 5.97 Å². The molecule has 0 radical (unpaired) electrons. The summed E-state index contributed by atoms with van der Waals surface area (Å²) in [7, 11) is 0. The van der Waals surface area contributed by atoms with Crippen molar-refractivity contribution in [1.82, 2.24) is 14.8 Å². The molecule has 2 heterocycles. The Morgan fingerprint density at radius 3 is 2.47 bits per heavy atom. The third-order valence-electron chi connectivity index (χ3n) is 2.29. The smallest absolute Gasteiger partial charge is 0.353 e. The number of aromatic nitrogens is 3. The van der Waals surface area contributed by atoms with Crippen LogP contribution in [-0.4, -0.2) is 25.8 Å². The molecule has 2 N–H and O–H groups in total. The Morgan fingerprint density at radius 2 is 2.00 bits per heavy atom. The first-order valence-electron chi connectivity index (χ1n) is 4.53. The number of hydrogen-bond donors (Lipinski definition) is 2. The molecule has 2 aromatic rings. The largest absolute Gasteiger partial charge is 0.477 e. The number of nitrogens with one attached hydrogen (secondary N) is 1. The molecule has 2 rings (SSSR count). The van der Waals surface area contributed by atoms with Crippen LogP contribution in [0.3, 0.4) is 0 Å². The highest BCUT2D eigenvalue weighted by Gasteiger charge is 2.11. The summed E-state index contributed by atoms with van der Waals surface area (Å²) in [6, 6.07) is 5.44. The Labute approximate surface area is 86.4 Å². The molecule has 5 heteroatoms. The van der Waals surface area contributed by atoms with Gasteiger partial charge in [0, 0.05) is 17.5 Å². The third-order valence-corrected chi connectivity index (χ3v) is 2.29. The summed E-state index contributed by atoms with van der Waals surface area (Å²) in [6.07, 6.45) is 0. The lowest BCUT2D eigenvalue weighted by Crippen LogP contribution is -1.98. The first kappa shape index (κ1) is 9.51. The third kappa shape index (κ3) is 1.52. The quantitative estimate of drug-likeness (QED) is 0.780. The Balaban J connectivity index is 2.50. The summed E-state index contributed by atoms with van der Waals surface area (Å²) < 4.78 is 1.89. The molecule has 0 aliphatic rings. The fourth-order valence-corrected chi connectivity index (χ4v) is 1.57. The van der Waals surface area contributed by atoms with Gasteiger partial charge in [0.05, 0.1) is 0 Å². The zero-order valence-corrected chi connectivity index (χ0v) is 8.48. The van der Waals surface area contributed by atoms with Crippen molar-refractivity contribution >= 4 is 5.97 Å². The van der Waals surface area contributed by atoms with E-state index in [9.17, 15) is 4.79 Å². The molecular weight excluding hydrogens is 194 g/mol. The lowest BCUT2D eigenvalue weighted by atomic mass is 10.4. The van der Waals surface area contributed by atoms with E-state index in [2.05, 4.69) is 10.2 Å². The molecule has 0 saturated carbocycles. The minimum absolute atomic E-state index is 0.0949. The van der Waals surface area contributed by atoms with Crippen molar-refractivity contribution in [3.63, 3.8) is 0 Å². The van der Waals surface area contributed by atoms with Gasteiger partial charge in [0.25, 0.3) is 0 Å². The summed E-state index contributed by atoms with van der Waals surface area (Å²) in [4.78, 5) is 10.7. The van der Waals surface area contributed by atoms with Crippen molar-refractivity contribution in [2.45, 2.75) is 13.8 Å². The van der Waals surface area contributed by atoms with Crippen LogP contribution in [0.5, 0.6) is 0 Å². The number of aromatic carboxylic acids is 1. The Hall–Kier alpha value is -2.04. The second-order valence-electron chi connectivity index (χ2n) is 3.40. The van der Waals surface area contributed by atoms with Crippen LogP contribution < -0.4 is 0 Å². The second-order valence-corrected chi connectivity index (χ2v) is 3.40. The monoisotopic (exact) mass is 205 g/mol. The molecule has 0 saturated heterocycles. The summed E-state index contributed by atoms with van der Waals surface area (Å²) in [5.74, 6) is -0.399. The first-order valence-corrected chi connectivity index (χ1v) is 4.53. The fraction of sp³-hybridized carbons (Fsp3) is 0.200. The number of rotatable bonds is 2. The van der Waals surface area contributed by atoms with E-state index in [1.165, 1.54) is 6.07 Å². The zero-order valence-electron chi connectivity index (χ0n) is 8.48. The number of H-pyrrole nitrogens is 1. The van der Waals surface area contributed by atoms with E-state index in [0.717, 1.165) is 11.4 Å². The minimum Gasteiger partial charge on any atom is -0.477 e. The molecule has 0 amide bonds. The Kier molecular flexibility index (Phi) is 2.07. The maximum atomic E-state index is 10.7. The van der Waals surface area contributed by atoms with Crippen LogP contribution in [0.1, 0.15) is 21.9 Å². The molecule has 5 nitrogen and oxygen atoms in total. The molecule has 15 heavy (non-hydrogen) atoms. The molecule has 0 atom stereocenters. The van der Waals surface area contributed by atoms with Gasteiger partial charge < -0.3 is 9.67 Å². The molecule has 78 valence electrons. The van der Waals surface area contributed by atoms with Crippen LogP contribution in [0, 0.1) is 13.8 Å². The predicted molar refractivity (Wildman–Crippen MR) is 54.3 cm³/mol. The SMILES string of the molecule is Cc1ccc(C)n1-c1cc(C(=O)O)[nH]n1. The van der Waals surface area contributed by atoms with Crippen molar-refractivity contribution in [3.05, 3.63) is 35.3 Å². The van der Waals surface area contributed by atoms with Crippen molar-refractivity contribution in [2.75, 3.05) is 0 Å². The van der Waals surface area contributed by atoms with Gasteiger partial charge in [-0.25, -0.2) is 4.79 Å². The lowest BCUT2D eigenvalue weighted by Gasteiger charge is -2.03. The van der Waals surface area contributed by atoms with E-state index in [1.54, 1.807) is 0 Å². The van der Waals surface area contributed by atoms with Gasteiger partial charge in [-0.3, -0.25) is 5.10 Å². The number of aromatic amines is 1. The van der Waals surface area contributed by atoms with Crippen LogP contribution in [0.2, 0.25) is 0 Å². The summed E-state index contributed by atoms with van der Waals surface area (Å²) in [5.41, 5.74) is 2.14. The Morgan fingerprint density at radius 1 is 1.40 bits per heavy atom. The number of hydrogen-bond acceptors (Lipinski definition) is 2. The number of nitrogens with zero attached hydrogens (tertiary/aromatic N) is 2. The van der Waals surface area contributed by atoms with Gasteiger partial charge >= 0.3 is 5.97 Å². The van der Waals surface area contributed by atoms with Gasteiger partial charge in [0.2, 0.25) is 0 Å². The highest BCUT2D eigenvalue weighted by Crippen LogP contribution is 2.14. The van der Waals surface area contributed by atoms with Gasteiger partial charge in [-0.2, -0.15) is 5.10 Å². The van der Waals surface area contributed by atoms with Gasteiger partial charge in [0.1, 0.15) is 5.69 Å². The van der Waals surface area contributed by atoms with E-state index in [0.29, 0.717) is 5.82 Å². The standard InChI is InChI=1S/C10H11N3O2/c1-6-3-4-7(2)13(6)9-5-8(10(14)15)11-12-9/h3-5H,1-2H3,(H,11,12)(H,14,15). The molecule has 0 fully saturated rings. The van der Waals surface area contributed by atoms with Crippen molar-refractivity contribution in [1.29, 1.82) is 0 Å². The normalized spacial score (nSPS) is 10.5. The van der Waals surface area contributed by atoms with E-state index in [4.69, 9.17) is 5.11 Å². The molecule has 0 spiro atoms. The average Bonchev–Trinajstić information content (AvgIpc) is 2.73. The summed E-state index contributed by atoms with van der Waals surface area (Å²) in [5, 5.41) is 15.2. The topological polar surface area (TPSA) is 70.9 Å². The predicted octanol–water partition coefficient (Wildman–Crippen LogP) is 1.52. The minimum atomic E-state index is -1.00.